The third-order valence-corrected chi connectivity index (χ3v) is 3.11. The molecule has 0 aliphatic heterocycles. The van der Waals surface area contributed by atoms with Crippen LogP contribution in [0.15, 0.2) is 0 Å². The average Bonchev–Trinajstić information content (AvgIpc) is 2.35. The van der Waals surface area contributed by atoms with Crippen LogP contribution < -0.4 is 0 Å². The number of ether oxygens (including phenoxy) is 2. The van der Waals surface area contributed by atoms with Gasteiger partial charge in [-0.3, -0.25) is 0 Å². The van der Waals surface area contributed by atoms with Gasteiger partial charge in [0, 0.05) is 13.7 Å². The van der Waals surface area contributed by atoms with Gasteiger partial charge >= 0.3 is 0 Å². The van der Waals surface area contributed by atoms with E-state index >= 15 is 0 Å². The Labute approximate surface area is 108 Å². The summed E-state index contributed by atoms with van der Waals surface area (Å²) in [6.45, 7) is 5.28. The van der Waals surface area contributed by atoms with E-state index < -0.39 is 0 Å². The quantitative estimate of drug-likeness (QED) is 0.338. The molecule has 17 heavy (non-hydrogen) atoms. The van der Waals surface area contributed by atoms with Crippen molar-refractivity contribution in [3.63, 3.8) is 0 Å². The molecule has 104 valence electrons. The van der Waals surface area contributed by atoms with Crippen molar-refractivity contribution >= 4 is 0 Å². The monoisotopic (exact) mass is 244 g/mol. The van der Waals surface area contributed by atoms with Crippen LogP contribution in [0.4, 0.5) is 0 Å². The summed E-state index contributed by atoms with van der Waals surface area (Å²) >= 11 is 0. The Kier molecular flexibility index (Phi) is 13.9. The second-order valence-corrected chi connectivity index (χ2v) is 4.80. The summed E-state index contributed by atoms with van der Waals surface area (Å²) in [7, 11) is 1.75. The minimum atomic E-state index is 0.0252. The molecule has 0 saturated carbocycles. The van der Waals surface area contributed by atoms with Crippen molar-refractivity contribution in [1.82, 2.24) is 0 Å². The normalized spacial score (nSPS) is 12.9. The lowest BCUT2D eigenvalue weighted by molar-refractivity contribution is -0.128. The molecule has 1 unspecified atom stereocenters. The Bertz CT molecular complexity index is 137. The van der Waals surface area contributed by atoms with Crippen molar-refractivity contribution in [1.29, 1.82) is 0 Å². The number of unbranched alkanes of at least 4 members (excludes halogenated alkanes) is 7. The molecule has 0 aromatic heterocycles. The van der Waals surface area contributed by atoms with E-state index in [0.717, 1.165) is 19.4 Å². The molecule has 1 atom stereocenters. The van der Waals surface area contributed by atoms with E-state index in [9.17, 15) is 0 Å². The summed E-state index contributed by atoms with van der Waals surface area (Å²) in [5, 5.41) is 0. The first-order valence-corrected chi connectivity index (χ1v) is 7.49. The zero-order valence-corrected chi connectivity index (χ0v) is 12.2. The molecule has 0 radical (unpaired) electrons. The predicted octanol–water partition coefficient (Wildman–Crippen LogP) is 4.92. The van der Waals surface area contributed by atoms with Gasteiger partial charge in [0.25, 0.3) is 0 Å². The minimum absolute atomic E-state index is 0.0252. The molecule has 0 bridgehead atoms. The lowest BCUT2D eigenvalue weighted by atomic mass is 10.1. The first-order chi connectivity index (χ1) is 8.35. The molecule has 0 aromatic rings. The van der Waals surface area contributed by atoms with Crippen molar-refractivity contribution in [2.75, 3.05) is 13.7 Å². The van der Waals surface area contributed by atoms with Crippen molar-refractivity contribution in [2.24, 2.45) is 0 Å². The van der Waals surface area contributed by atoms with E-state index in [0.29, 0.717) is 0 Å². The standard InChI is InChI=1S/C15H32O2/c1-4-6-8-9-10-11-12-13-15(16-3)17-14-7-5-2/h15H,4-14H2,1-3H3. The molecule has 0 aliphatic carbocycles. The van der Waals surface area contributed by atoms with Crippen LogP contribution in [0.1, 0.15) is 78.1 Å². The zero-order chi connectivity index (χ0) is 12.8. The summed E-state index contributed by atoms with van der Waals surface area (Å²) in [5.41, 5.74) is 0. The van der Waals surface area contributed by atoms with Crippen molar-refractivity contribution in [2.45, 2.75) is 84.3 Å². The minimum Gasteiger partial charge on any atom is -0.356 e. The van der Waals surface area contributed by atoms with E-state index in [2.05, 4.69) is 13.8 Å². The molecule has 0 aromatic carbocycles. The predicted molar refractivity (Wildman–Crippen MR) is 74.3 cm³/mol. The van der Waals surface area contributed by atoms with E-state index in [1.54, 1.807) is 7.11 Å². The fourth-order valence-electron chi connectivity index (χ4n) is 1.90. The maximum atomic E-state index is 5.65. The number of rotatable bonds is 13. The van der Waals surface area contributed by atoms with Gasteiger partial charge in [-0.2, -0.15) is 0 Å². The molecular formula is C15H32O2. The zero-order valence-electron chi connectivity index (χ0n) is 12.2. The first-order valence-electron chi connectivity index (χ1n) is 7.49. The van der Waals surface area contributed by atoms with Crippen LogP contribution >= 0.6 is 0 Å². The molecule has 0 rings (SSSR count). The highest BCUT2D eigenvalue weighted by Crippen LogP contribution is 2.11. The molecule has 0 amide bonds. The lowest BCUT2D eigenvalue weighted by Gasteiger charge is -2.15. The van der Waals surface area contributed by atoms with Gasteiger partial charge in [0.05, 0.1) is 0 Å². The molecule has 2 heteroatoms. The van der Waals surface area contributed by atoms with Crippen LogP contribution in [-0.2, 0) is 9.47 Å². The first kappa shape index (κ1) is 16.9. The molecular weight excluding hydrogens is 212 g/mol. The third kappa shape index (κ3) is 12.2. The maximum Gasteiger partial charge on any atom is 0.157 e. The highest BCUT2D eigenvalue weighted by molar-refractivity contribution is 4.49. The van der Waals surface area contributed by atoms with Crippen LogP contribution in [0.25, 0.3) is 0 Å². The second-order valence-electron chi connectivity index (χ2n) is 4.80. The maximum absolute atomic E-state index is 5.65. The van der Waals surface area contributed by atoms with Gasteiger partial charge in [-0.15, -0.1) is 0 Å². The summed E-state index contributed by atoms with van der Waals surface area (Å²) in [5.74, 6) is 0. The van der Waals surface area contributed by atoms with Crippen LogP contribution in [0.2, 0.25) is 0 Å². The SMILES string of the molecule is CCCCCCCCCC(OC)OCCCC. The summed E-state index contributed by atoms with van der Waals surface area (Å²) in [4.78, 5) is 0. The van der Waals surface area contributed by atoms with Gasteiger partial charge in [-0.25, -0.2) is 0 Å². The Balaban J connectivity index is 3.25. The van der Waals surface area contributed by atoms with E-state index in [1.165, 1.54) is 51.4 Å². The molecule has 0 aliphatic rings. The Morgan fingerprint density at radius 1 is 0.765 bits per heavy atom. The molecule has 0 spiro atoms. The fraction of sp³-hybridized carbons (Fsp3) is 1.00. The van der Waals surface area contributed by atoms with E-state index in [1.807, 2.05) is 0 Å². The Morgan fingerprint density at radius 2 is 1.35 bits per heavy atom. The van der Waals surface area contributed by atoms with Crippen LogP contribution in [-0.4, -0.2) is 20.0 Å². The molecule has 2 nitrogen and oxygen atoms in total. The van der Waals surface area contributed by atoms with Crippen LogP contribution in [0.3, 0.4) is 0 Å². The van der Waals surface area contributed by atoms with Gasteiger partial charge in [-0.1, -0.05) is 58.8 Å². The van der Waals surface area contributed by atoms with Crippen molar-refractivity contribution in [3.8, 4) is 0 Å². The molecule has 0 heterocycles. The van der Waals surface area contributed by atoms with Gasteiger partial charge < -0.3 is 9.47 Å². The van der Waals surface area contributed by atoms with Crippen molar-refractivity contribution in [3.05, 3.63) is 0 Å². The number of hydrogen-bond acceptors (Lipinski definition) is 2. The fourth-order valence-corrected chi connectivity index (χ4v) is 1.90. The van der Waals surface area contributed by atoms with Gasteiger partial charge in [0.2, 0.25) is 0 Å². The summed E-state index contributed by atoms with van der Waals surface area (Å²) in [6.07, 6.45) is 12.8. The smallest absolute Gasteiger partial charge is 0.157 e. The van der Waals surface area contributed by atoms with Gasteiger partial charge in [0.15, 0.2) is 6.29 Å². The highest BCUT2D eigenvalue weighted by atomic mass is 16.7. The van der Waals surface area contributed by atoms with Crippen LogP contribution in [0, 0.1) is 0 Å². The lowest BCUT2D eigenvalue weighted by Crippen LogP contribution is -2.15. The van der Waals surface area contributed by atoms with Crippen molar-refractivity contribution < 1.29 is 9.47 Å². The summed E-state index contributed by atoms with van der Waals surface area (Å²) in [6, 6.07) is 0. The number of hydrogen-bond donors (Lipinski definition) is 0. The molecule has 0 fully saturated rings. The highest BCUT2D eigenvalue weighted by Gasteiger charge is 2.06. The molecule has 0 N–H and O–H groups in total. The van der Waals surface area contributed by atoms with Gasteiger partial charge in [0.1, 0.15) is 0 Å². The third-order valence-electron chi connectivity index (χ3n) is 3.11. The topological polar surface area (TPSA) is 18.5 Å². The van der Waals surface area contributed by atoms with E-state index in [-0.39, 0.29) is 6.29 Å². The van der Waals surface area contributed by atoms with Gasteiger partial charge in [-0.05, 0) is 19.3 Å². The Morgan fingerprint density at radius 3 is 1.94 bits per heavy atom. The largest absolute Gasteiger partial charge is 0.356 e. The summed E-state index contributed by atoms with van der Waals surface area (Å²) < 4.78 is 11.0. The number of methoxy groups -OCH3 is 1. The Hall–Kier alpha value is -0.0800. The second kappa shape index (κ2) is 14.0. The average molecular weight is 244 g/mol. The van der Waals surface area contributed by atoms with Crippen LogP contribution in [0.5, 0.6) is 0 Å². The van der Waals surface area contributed by atoms with E-state index in [4.69, 9.17) is 9.47 Å². The molecule has 0 saturated heterocycles.